The Balaban J connectivity index is 2.87. The molecule has 0 spiro atoms. The van der Waals surface area contributed by atoms with Crippen LogP contribution in [0, 0.1) is 0 Å². The van der Waals surface area contributed by atoms with Crippen molar-refractivity contribution in [3.05, 3.63) is 35.4 Å². The second-order valence-electron chi connectivity index (χ2n) is 3.41. The quantitative estimate of drug-likeness (QED) is 0.733. The van der Waals surface area contributed by atoms with Crippen LogP contribution in [0.5, 0.6) is 0 Å². The Morgan fingerprint density at radius 3 is 2.06 bits per heavy atom. The lowest BCUT2D eigenvalue weighted by atomic mass is 10.0. The van der Waals surface area contributed by atoms with Gasteiger partial charge in [-0.05, 0) is 17.7 Å². The average molecular weight is 235 g/mol. The predicted molar refractivity (Wildman–Crippen MR) is 51.5 cm³/mol. The molecule has 0 aliphatic rings. The summed E-state index contributed by atoms with van der Waals surface area (Å²) in [5.74, 6) is 0. The smallest absolute Gasteiger partial charge is 0.395 e. The molecule has 2 unspecified atom stereocenters. The van der Waals surface area contributed by atoms with Crippen molar-refractivity contribution >= 4 is 0 Å². The average Bonchev–Trinajstić information content (AvgIpc) is 2.26. The fourth-order valence-electron chi connectivity index (χ4n) is 1.22. The molecule has 0 saturated carbocycles. The molecule has 0 aromatic heterocycles. The molecule has 0 bridgehead atoms. The molecule has 0 saturated heterocycles. The van der Waals surface area contributed by atoms with E-state index in [1.807, 2.05) is 0 Å². The van der Waals surface area contributed by atoms with Crippen molar-refractivity contribution < 1.29 is 23.4 Å². The standard InChI is InChI=1S/C10H12F3NO2/c11-10(12,13)7-3-1-6(2-4-7)9(16)8(14)5-15/h1-4,8-9,15-16H,5,14H2. The van der Waals surface area contributed by atoms with E-state index in [4.69, 9.17) is 10.8 Å². The molecule has 1 aromatic carbocycles. The van der Waals surface area contributed by atoms with Gasteiger partial charge >= 0.3 is 6.18 Å². The molecule has 2 atom stereocenters. The van der Waals surface area contributed by atoms with Crippen LogP contribution in [0.3, 0.4) is 0 Å². The first kappa shape index (κ1) is 13.0. The zero-order chi connectivity index (χ0) is 12.3. The van der Waals surface area contributed by atoms with Crippen molar-refractivity contribution in [2.24, 2.45) is 5.73 Å². The van der Waals surface area contributed by atoms with Crippen LogP contribution < -0.4 is 5.73 Å². The van der Waals surface area contributed by atoms with Crippen LogP contribution in [-0.2, 0) is 6.18 Å². The van der Waals surface area contributed by atoms with E-state index in [0.29, 0.717) is 0 Å². The van der Waals surface area contributed by atoms with Crippen LogP contribution in [0.25, 0.3) is 0 Å². The predicted octanol–water partition coefficient (Wildman–Crippen LogP) is 1.06. The lowest BCUT2D eigenvalue weighted by Crippen LogP contribution is -2.31. The van der Waals surface area contributed by atoms with Crippen LogP contribution in [0.2, 0.25) is 0 Å². The van der Waals surface area contributed by atoms with Crippen LogP contribution >= 0.6 is 0 Å². The largest absolute Gasteiger partial charge is 0.416 e. The number of halogens is 3. The van der Waals surface area contributed by atoms with Gasteiger partial charge in [0.05, 0.1) is 24.3 Å². The number of benzene rings is 1. The van der Waals surface area contributed by atoms with Gasteiger partial charge in [-0.2, -0.15) is 13.2 Å². The summed E-state index contributed by atoms with van der Waals surface area (Å²) in [6.07, 6.45) is -5.57. The number of nitrogens with two attached hydrogens (primary N) is 1. The van der Waals surface area contributed by atoms with E-state index in [9.17, 15) is 18.3 Å². The van der Waals surface area contributed by atoms with Crippen molar-refractivity contribution in [3.8, 4) is 0 Å². The van der Waals surface area contributed by atoms with Crippen LogP contribution in [0.4, 0.5) is 13.2 Å². The summed E-state index contributed by atoms with van der Waals surface area (Å²) in [6.45, 7) is -0.442. The molecule has 6 heteroatoms. The Morgan fingerprint density at radius 2 is 1.69 bits per heavy atom. The fraction of sp³-hybridized carbons (Fsp3) is 0.400. The minimum atomic E-state index is -4.40. The lowest BCUT2D eigenvalue weighted by molar-refractivity contribution is -0.137. The highest BCUT2D eigenvalue weighted by Gasteiger charge is 2.30. The zero-order valence-electron chi connectivity index (χ0n) is 8.28. The highest BCUT2D eigenvalue weighted by atomic mass is 19.4. The number of aliphatic hydroxyl groups excluding tert-OH is 2. The molecule has 90 valence electrons. The number of aliphatic hydroxyl groups is 2. The van der Waals surface area contributed by atoms with Gasteiger partial charge in [-0.15, -0.1) is 0 Å². The summed E-state index contributed by atoms with van der Waals surface area (Å²) in [6, 6.07) is 3.11. The number of hydrogen-bond donors (Lipinski definition) is 3. The van der Waals surface area contributed by atoms with Gasteiger partial charge in [-0.3, -0.25) is 0 Å². The molecule has 0 aliphatic carbocycles. The summed E-state index contributed by atoms with van der Waals surface area (Å²) >= 11 is 0. The van der Waals surface area contributed by atoms with Gasteiger partial charge in [-0.25, -0.2) is 0 Å². The number of alkyl halides is 3. The van der Waals surface area contributed by atoms with E-state index in [-0.39, 0.29) is 5.56 Å². The Kier molecular flexibility index (Phi) is 3.90. The maximum absolute atomic E-state index is 12.2. The number of rotatable bonds is 3. The fourth-order valence-corrected chi connectivity index (χ4v) is 1.22. The van der Waals surface area contributed by atoms with Crippen molar-refractivity contribution in [1.29, 1.82) is 0 Å². The molecule has 16 heavy (non-hydrogen) atoms. The highest BCUT2D eigenvalue weighted by molar-refractivity contribution is 5.26. The molecule has 1 rings (SSSR count). The second-order valence-corrected chi connectivity index (χ2v) is 3.41. The number of hydrogen-bond acceptors (Lipinski definition) is 3. The second kappa shape index (κ2) is 4.82. The van der Waals surface area contributed by atoms with Gasteiger partial charge in [-0.1, -0.05) is 12.1 Å². The van der Waals surface area contributed by atoms with E-state index in [0.717, 1.165) is 24.3 Å². The van der Waals surface area contributed by atoms with Crippen molar-refractivity contribution in [3.63, 3.8) is 0 Å². The SMILES string of the molecule is NC(CO)C(O)c1ccc(C(F)(F)F)cc1. The Hall–Kier alpha value is -1.11. The van der Waals surface area contributed by atoms with Crippen LogP contribution in [-0.4, -0.2) is 22.9 Å². The summed E-state index contributed by atoms with van der Waals surface area (Å²) < 4.78 is 36.7. The van der Waals surface area contributed by atoms with Crippen molar-refractivity contribution in [2.75, 3.05) is 6.61 Å². The Labute approximate surface area is 90.3 Å². The Morgan fingerprint density at radius 1 is 1.19 bits per heavy atom. The van der Waals surface area contributed by atoms with E-state index in [1.54, 1.807) is 0 Å². The van der Waals surface area contributed by atoms with E-state index in [1.165, 1.54) is 0 Å². The molecular weight excluding hydrogens is 223 g/mol. The molecule has 4 N–H and O–H groups in total. The molecule has 3 nitrogen and oxygen atoms in total. The molecule has 0 fully saturated rings. The first-order chi connectivity index (χ1) is 7.36. The summed E-state index contributed by atoms with van der Waals surface area (Å²) in [5.41, 5.74) is 4.80. The molecule has 0 amide bonds. The molecule has 1 aromatic rings. The van der Waals surface area contributed by atoms with E-state index in [2.05, 4.69) is 0 Å². The van der Waals surface area contributed by atoms with Gasteiger partial charge in [0.1, 0.15) is 0 Å². The van der Waals surface area contributed by atoms with E-state index < -0.39 is 30.5 Å². The minimum Gasteiger partial charge on any atom is -0.395 e. The Bertz CT molecular complexity index is 337. The lowest BCUT2D eigenvalue weighted by Gasteiger charge is -2.17. The van der Waals surface area contributed by atoms with Gasteiger partial charge < -0.3 is 15.9 Å². The molecule has 0 aliphatic heterocycles. The van der Waals surface area contributed by atoms with Crippen molar-refractivity contribution in [1.82, 2.24) is 0 Å². The van der Waals surface area contributed by atoms with Gasteiger partial charge in [0.15, 0.2) is 0 Å². The third-order valence-corrected chi connectivity index (χ3v) is 2.20. The topological polar surface area (TPSA) is 66.5 Å². The van der Waals surface area contributed by atoms with Crippen LogP contribution in [0.1, 0.15) is 17.2 Å². The first-order valence-electron chi connectivity index (χ1n) is 4.58. The third-order valence-electron chi connectivity index (χ3n) is 2.20. The molecule has 0 heterocycles. The van der Waals surface area contributed by atoms with Gasteiger partial charge in [0.2, 0.25) is 0 Å². The van der Waals surface area contributed by atoms with E-state index >= 15 is 0 Å². The maximum atomic E-state index is 12.2. The molecular formula is C10H12F3NO2. The first-order valence-corrected chi connectivity index (χ1v) is 4.58. The van der Waals surface area contributed by atoms with Gasteiger partial charge in [0.25, 0.3) is 0 Å². The highest BCUT2D eigenvalue weighted by Crippen LogP contribution is 2.30. The minimum absolute atomic E-state index is 0.245. The van der Waals surface area contributed by atoms with Crippen LogP contribution in [0.15, 0.2) is 24.3 Å². The third kappa shape index (κ3) is 2.94. The summed E-state index contributed by atoms with van der Waals surface area (Å²) in [5, 5.41) is 18.2. The maximum Gasteiger partial charge on any atom is 0.416 e. The molecule has 0 radical (unpaired) electrons. The summed E-state index contributed by atoms with van der Waals surface area (Å²) in [7, 11) is 0. The normalized spacial score (nSPS) is 15.9. The summed E-state index contributed by atoms with van der Waals surface area (Å²) in [4.78, 5) is 0. The van der Waals surface area contributed by atoms with Crippen molar-refractivity contribution in [2.45, 2.75) is 18.3 Å². The zero-order valence-corrected chi connectivity index (χ0v) is 8.28. The van der Waals surface area contributed by atoms with Gasteiger partial charge in [0, 0.05) is 0 Å². The monoisotopic (exact) mass is 235 g/mol.